The molecule has 1 aliphatic rings. The van der Waals surface area contributed by atoms with Crippen LogP contribution in [-0.4, -0.2) is 93.0 Å². The van der Waals surface area contributed by atoms with Crippen molar-refractivity contribution in [3.8, 4) is 17.2 Å². The summed E-state index contributed by atoms with van der Waals surface area (Å²) >= 11 is 3.33. The lowest BCUT2D eigenvalue weighted by molar-refractivity contribution is 0.0257. The molecular weight excluding hydrogens is 556 g/mol. The van der Waals surface area contributed by atoms with Gasteiger partial charge in [0.2, 0.25) is 5.75 Å². The van der Waals surface area contributed by atoms with Gasteiger partial charge in [0, 0.05) is 25.0 Å². The van der Waals surface area contributed by atoms with Crippen molar-refractivity contribution >= 4 is 28.0 Å². The number of carbonyl (C=O) groups excluding carboxylic acids is 2. The van der Waals surface area contributed by atoms with Gasteiger partial charge in [0.05, 0.1) is 33.0 Å². The number of nitrogens with zero attached hydrogens (tertiary/aromatic N) is 2. The Morgan fingerprint density at radius 2 is 1.63 bits per heavy atom. The first-order valence-electron chi connectivity index (χ1n) is 13.5. The van der Waals surface area contributed by atoms with Crippen LogP contribution in [0, 0.1) is 0 Å². The van der Waals surface area contributed by atoms with Gasteiger partial charge in [-0.05, 0) is 71.7 Å². The summed E-state index contributed by atoms with van der Waals surface area (Å²) in [6.45, 7) is 10.9. The summed E-state index contributed by atoms with van der Waals surface area (Å²) in [5.74, 6) is 0.948. The molecule has 1 fully saturated rings. The van der Waals surface area contributed by atoms with Gasteiger partial charge < -0.3 is 33.5 Å². The number of rotatable bonds is 14. The first-order valence-corrected chi connectivity index (χ1v) is 14.6. The van der Waals surface area contributed by atoms with E-state index in [4.69, 9.17) is 23.7 Å². The molecule has 0 bridgehead atoms. The summed E-state index contributed by atoms with van der Waals surface area (Å²) in [6.07, 6.45) is 5.59. The number of benzene rings is 1. The van der Waals surface area contributed by atoms with Gasteiger partial charge in [-0.1, -0.05) is 28.8 Å². The number of hydrogen-bond donors (Lipinski definition) is 0. The Bertz CT molecular complexity index is 875. The number of ether oxygens (including phenoxy) is 5. The zero-order chi connectivity index (χ0) is 28.0. The van der Waals surface area contributed by atoms with Crippen molar-refractivity contribution in [1.29, 1.82) is 0 Å². The zero-order valence-corrected chi connectivity index (χ0v) is 25.3. The average molecular weight is 602 g/mol. The molecule has 0 unspecified atom stereocenters. The summed E-state index contributed by atoms with van der Waals surface area (Å²) in [5, 5.41) is 0.769. The van der Waals surface area contributed by atoms with Crippen molar-refractivity contribution in [1.82, 2.24) is 9.80 Å². The molecule has 1 aromatic carbocycles. The summed E-state index contributed by atoms with van der Waals surface area (Å²) in [5.41, 5.74) is -0.0965. The minimum Gasteiger partial charge on any atom is -0.493 e. The van der Waals surface area contributed by atoms with E-state index in [0.717, 1.165) is 70.0 Å². The minimum absolute atomic E-state index is 0.217. The highest BCUT2D eigenvalue weighted by Gasteiger charge is 2.24. The molecule has 2 rings (SSSR count). The number of unbranched alkanes of at least 4 members (excludes halogenated alkanes) is 3. The van der Waals surface area contributed by atoms with E-state index in [1.165, 1.54) is 7.11 Å². The maximum atomic E-state index is 12.4. The van der Waals surface area contributed by atoms with Crippen molar-refractivity contribution in [2.45, 2.75) is 64.9 Å². The zero-order valence-electron chi connectivity index (χ0n) is 23.7. The van der Waals surface area contributed by atoms with Crippen molar-refractivity contribution < 1.29 is 33.3 Å². The summed E-state index contributed by atoms with van der Waals surface area (Å²) in [4.78, 5) is 29.0. The summed E-state index contributed by atoms with van der Waals surface area (Å²) in [7, 11) is 3.08. The predicted molar refractivity (Wildman–Crippen MR) is 151 cm³/mol. The quantitative estimate of drug-likeness (QED) is 0.156. The van der Waals surface area contributed by atoms with Gasteiger partial charge in [0.25, 0.3) is 0 Å². The molecule has 0 saturated carbocycles. The van der Waals surface area contributed by atoms with E-state index in [-0.39, 0.29) is 6.09 Å². The first-order chi connectivity index (χ1) is 18.2. The lowest BCUT2D eigenvalue weighted by Crippen LogP contribution is -2.39. The van der Waals surface area contributed by atoms with Crippen LogP contribution >= 0.6 is 15.9 Å². The third-order valence-electron chi connectivity index (χ3n) is 6.06. The maximum Gasteiger partial charge on any atom is 0.410 e. The topological polar surface area (TPSA) is 86.8 Å². The summed E-state index contributed by atoms with van der Waals surface area (Å²) in [6, 6.07) is 3.26. The Hall–Kier alpha value is -2.20. The normalized spacial score (nSPS) is 14.5. The van der Waals surface area contributed by atoms with E-state index in [0.29, 0.717) is 42.6 Å². The number of methoxy groups -OCH3 is 2. The van der Waals surface area contributed by atoms with Crippen LogP contribution < -0.4 is 14.2 Å². The Balaban J connectivity index is 1.73. The van der Waals surface area contributed by atoms with Crippen molar-refractivity contribution in [3.05, 3.63) is 17.7 Å². The second kappa shape index (κ2) is 16.7. The van der Waals surface area contributed by atoms with Gasteiger partial charge in [-0.25, -0.2) is 9.59 Å². The molecule has 0 N–H and O–H groups in total. The van der Waals surface area contributed by atoms with E-state index < -0.39 is 11.6 Å². The van der Waals surface area contributed by atoms with Crippen LogP contribution in [0.3, 0.4) is 0 Å². The molecule has 0 spiro atoms. The Morgan fingerprint density at radius 3 is 2.32 bits per heavy atom. The molecule has 38 heavy (non-hydrogen) atoms. The van der Waals surface area contributed by atoms with E-state index in [1.54, 1.807) is 19.2 Å². The standard InChI is InChI=1S/C28H45BrN2O7/c1-28(2,3)38-27(33)31-15-11-14-30(16-17-31)13-8-6-7-9-18-36-24-21-22(26(32)37-19-10-12-29)20-23(34-4)25(24)35-5/h20-21H,6-19H2,1-5H3. The number of hydrogen-bond acceptors (Lipinski definition) is 8. The Labute approximate surface area is 236 Å². The van der Waals surface area contributed by atoms with Crippen LogP contribution in [0.1, 0.15) is 69.7 Å². The molecule has 1 saturated heterocycles. The van der Waals surface area contributed by atoms with E-state index in [1.807, 2.05) is 25.7 Å². The fourth-order valence-electron chi connectivity index (χ4n) is 4.13. The molecule has 0 aliphatic carbocycles. The van der Waals surface area contributed by atoms with E-state index in [2.05, 4.69) is 20.8 Å². The van der Waals surface area contributed by atoms with Crippen molar-refractivity contribution in [3.63, 3.8) is 0 Å². The van der Waals surface area contributed by atoms with Crippen LogP contribution in [-0.2, 0) is 9.47 Å². The Morgan fingerprint density at radius 1 is 0.895 bits per heavy atom. The van der Waals surface area contributed by atoms with Crippen LogP contribution in [0.5, 0.6) is 17.2 Å². The van der Waals surface area contributed by atoms with Gasteiger partial charge >= 0.3 is 12.1 Å². The number of alkyl halides is 1. The maximum absolute atomic E-state index is 12.4. The third-order valence-corrected chi connectivity index (χ3v) is 6.62. The lowest BCUT2D eigenvalue weighted by Gasteiger charge is -2.26. The fraction of sp³-hybridized carbons (Fsp3) is 0.714. The number of amides is 1. The van der Waals surface area contributed by atoms with E-state index in [9.17, 15) is 9.59 Å². The minimum atomic E-state index is -0.467. The first kappa shape index (κ1) is 32.0. The largest absolute Gasteiger partial charge is 0.493 e. The molecular formula is C28H45BrN2O7. The molecule has 1 aliphatic heterocycles. The van der Waals surface area contributed by atoms with Gasteiger partial charge in [0.15, 0.2) is 11.5 Å². The van der Waals surface area contributed by atoms with Crippen LogP contribution in [0.25, 0.3) is 0 Å². The van der Waals surface area contributed by atoms with Crippen LogP contribution in [0.15, 0.2) is 12.1 Å². The number of carbonyl (C=O) groups is 2. The molecule has 10 heteroatoms. The fourth-order valence-corrected chi connectivity index (χ4v) is 4.36. The van der Waals surface area contributed by atoms with Gasteiger partial charge in [-0.15, -0.1) is 0 Å². The summed E-state index contributed by atoms with van der Waals surface area (Å²) < 4.78 is 27.7. The lowest BCUT2D eigenvalue weighted by atomic mass is 10.1. The highest BCUT2D eigenvalue weighted by molar-refractivity contribution is 9.09. The molecule has 1 heterocycles. The van der Waals surface area contributed by atoms with Crippen molar-refractivity contribution in [2.24, 2.45) is 0 Å². The smallest absolute Gasteiger partial charge is 0.410 e. The highest BCUT2D eigenvalue weighted by Crippen LogP contribution is 2.38. The monoisotopic (exact) mass is 600 g/mol. The average Bonchev–Trinajstić information content (AvgIpc) is 3.12. The van der Waals surface area contributed by atoms with Gasteiger partial charge in [0.1, 0.15) is 5.60 Å². The second-order valence-electron chi connectivity index (χ2n) is 10.3. The molecule has 0 radical (unpaired) electrons. The van der Waals surface area contributed by atoms with Crippen molar-refractivity contribution in [2.75, 3.05) is 65.5 Å². The van der Waals surface area contributed by atoms with Gasteiger partial charge in [-0.3, -0.25) is 0 Å². The SMILES string of the molecule is COc1cc(C(=O)OCCCBr)cc(OCCCCCCN2CCCN(C(=O)OC(C)(C)C)CC2)c1OC. The Kier molecular flexibility index (Phi) is 14.1. The highest BCUT2D eigenvalue weighted by atomic mass is 79.9. The number of esters is 1. The van der Waals surface area contributed by atoms with Gasteiger partial charge in [-0.2, -0.15) is 0 Å². The number of halogens is 1. The molecule has 9 nitrogen and oxygen atoms in total. The van der Waals surface area contributed by atoms with Crippen LogP contribution in [0.4, 0.5) is 4.79 Å². The predicted octanol–water partition coefficient (Wildman–Crippen LogP) is 5.53. The molecule has 0 aromatic heterocycles. The second-order valence-corrected chi connectivity index (χ2v) is 11.1. The molecule has 1 amide bonds. The van der Waals surface area contributed by atoms with Crippen LogP contribution in [0.2, 0.25) is 0 Å². The third kappa shape index (κ3) is 11.3. The van der Waals surface area contributed by atoms with E-state index >= 15 is 0 Å². The molecule has 0 atom stereocenters. The molecule has 1 aromatic rings. The molecule has 216 valence electrons.